The largest absolute Gasteiger partial charge is 0.344 e. The maximum Gasteiger partial charge on any atom is 0.245 e. The number of hydrogen-bond donors (Lipinski definition) is 1. The van der Waals surface area contributed by atoms with E-state index >= 15 is 0 Å². The Bertz CT molecular complexity index is 626. The summed E-state index contributed by atoms with van der Waals surface area (Å²) in [5.41, 5.74) is 1.09. The molecule has 1 aromatic rings. The van der Waals surface area contributed by atoms with Gasteiger partial charge < -0.3 is 15.1 Å². The molecule has 2 atom stereocenters. The first-order valence-corrected chi connectivity index (χ1v) is 10.4. The maximum atomic E-state index is 13.0. The van der Waals surface area contributed by atoms with Crippen LogP contribution in [0.15, 0.2) is 30.3 Å². The number of likely N-dealkylation sites (tertiary alicyclic amines) is 2. The van der Waals surface area contributed by atoms with Crippen molar-refractivity contribution < 1.29 is 9.59 Å². The van der Waals surface area contributed by atoms with E-state index in [1.54, 1.807) is 0 Å². The molecule has 1 aromatic carbocycles. The highest BCUT2D eigenvalue weighted by Gasteiger charge is 2.33. The van der Waals surface area contributed by atoms with Gasteiger partial charge in [0, 0.05) is 32.6 Å². The number of carbonyl (C=O) groups is 2. The van der Waals surface area contributed by atoms with Crippen molar-refractivity contribution in [2.45, 2.75) is 45.6 Å². The highest BCUT2D eigenvalue weighted by atomic mass is 16.2. The van der Waals surface area contributed by atoms with Gasteiger partial charge in [0.25, 0.3) is 0 Å². The van der Waals surface area contributed by atoms with Gasteiger partial charge in [-0.15, -0.1) is 0 Å². The summed E-state index contributed by atoms with van der Waals surface area (Å²) in [5.74, 6) is 0.708. The molecule has 148 valence electrons. The zero-order valence-corrected chi connectivity index (χ0v) is 16.7. The number of carbonyl (C=O) groups excluding carboxylic acids is 2. The predicted octanol–water partition coefficient (Wildman–Crippen LogP) is 2.31. The molecule has 0 saturated carbocycles. The number of amides is 2. The van der Waals surface area contributed by atoms with Crippen LogP contribution >= 0.6 is 0 Å². The van der Waals surface area contributed by atoms with Crippen molar-refractivity contribution >= 4 is 11.8 Å². The lowest BCUT2D eigenvalue weighted by Crippen LogP contribution is -2.50. The molecule has 3 rings (SSSR count). The van der Waals surface area contributed by atoms with Gasteiger partial charge in [0.2, 0.25) is 11.8 Å². The second-order valence-corrected chi connectivity index (χ2v) is 8.42. The summed E-state index contributed by atoms with van der Waals surface area (Å²) in [7, 11) is 0. The molecule has 2 heterocycles. The molecule has 5 nitrogen and oxygen atoms in total. The lowest BCUT2D eigenvalue weighted by atomic mass is 10.0. The molecule has 2 aliphatic heterocycles. The van der Waals surface area contributed by atoms with Crippen LogP contribution in [-0.2, 0) is 16.0 Å². The van der Waals surface area contributed by atoms with Crippen LogP contribution in [0.1, 0.15) is 38.7 Å². The quantitative estimate of drug-likeness (QED) is 0.800. The first kappa shape index (κ1) is 19.9. The number of benzene rings is 1. The summed E-state index contributed by atoms with van der Waals surface area (Å²) in [4.78, 5) is 30.2. The van der Waals surface area contributed by atoms with Gasteiger partial charge in [0.05, 0.1) is 5.92 Å². The summed E-state index contributed by atoms with van der Waals surface area (Å²) in [6.45, 7) is 8.84. The van der Waals surface area contributed by atoms with Gasteiger partial charge in [-0.25, -0.2) is 0 Å². The van der Waals surface area contributed by atoms with Crippen LogP contribution in [0.2, 0.25) is 0 Å². The normalized spacial score (nSPS) is 21.6. The smallest absolute Gasteiger partial charge is 0.245 e. The fraction of sp³-hybridized carbons (Fsp3) is 0.636. The van der Waals surface area contributed by atoms with Gasteiger partial charge in [-0.1, -0.05) is 44.2 Å². The zero-order chi connectivity index (χ0) is 19.2. The molecule has 5 heteroatoms. The van der Waals surface area contributed by atoms with Gasteiger partial charge in [0.1, 0.15) is 6.04 Å². The molecule has 2 amide bonds. The Balaban J connectivity index is 1.63. The molecular formula is C22H33N3O2. The third kappa shape index (κ3) is 5.55. The molecule has 0 spiro atoms. The van der Waals surface area contributed by atoms with Crippen LogP contribution < -0.4 is 5.32 Å². The summed E-state index contributed by atoms with van der Waals surface area (Å²) in [5, 5.41) is 3.10. The standard InChI is InChI=1S/C22H33N3O2/c1-17(2)15-24-13-10-19(16-24)21(26)23-20(14-18-8-4-3-5-9-18)22(27)25-11-6-7-12-25/h3-5,8-9,17,19-20H,6-7,10-16H2,1-2H3,(H,23,26)/t19-,20-/m1/s1. The molecular weight excluding hydrogens is 338 g/mol. The lowest BCUT2D eigenvalue weighted by molar-refractivity contribution is -0.136. The van der Waals surface area contributed by atoms with E-state index in [1.165, 1.54) is 0 Å². The van der Waals surface area contributed by atoms with E-state index in [9.17, 15) is 9.59 Å². The van der Waals surface area contributed by atoms with E-state index < -0.39 is 6.04 Å². The Morgan fingerprint density at radius 2 is 1.81 bits per heavy atom. The molecule has 0 unspecified atom stereocenters. The molecule has 2 aliphatic rings. The summed E-state index contributed by atoms with van der Waals surface area (Å²) < 4.78 is 0. The van der Waals surface area contributed by atoms with E-state index in [2.05, 4.69) is 24.1 Å². The topological polar surface area (TPSA) is 52.7 Å². The number of nitrogens with zero attached hydrogens (tertiary/aromatic N) is 2. The number of nitrogens with one attached hydrogen (secondary N) is 1. The van der Waals surface area contributed by atoms with Gasteiger partial charge in [-0.3, -0.25) is 9.59 Å². The average molecular weight is 372 g/mol. The molecule has 0 radical (unpaired) electrons. The van der Waals surface area contributed by atoms with Crippen molar-refractivity contribution in [1.82, 2.24) is 15.1 Å². The Labute approximate surface area is 163 Å². The zero-order valence-electron chi connectivity index (χ0n) is 16.7. The van der Waals surface area contributed by atoms with E-state index in [1.807, 2.05) is 35.2 Å². The van der Waals surface area contributed by atoms with Gasteiger partial charge in [-0.2, -0.15) is 0 Å². The fourth-order valence-corrected chi connectivity index (χ4v) is 4.23. The second-order valence-electron chi connectivity index (χ2n) is 8.42. The minimum atomic E-state index is -0.461. The fourth-order valence-electron chi connectivity index (χ4n) is 4.23. The monoisotopic (exact) mass is 371 g/mol. The highest BCUT2D eigenvalue weighted by Crippen LogP contribution is 2.19. The van der Waals surface area contributed by atoms with Crippen LogP contribution in [0.5, 0.6) is 0 Å². The molecule has 0 aliphatic carbocycles. The molecule has 27 heavy (non-hydrogen) atoms. The summed E-state index contributed by atoms with van der Waals surface area (Å²) >= 11 is 0. The molecule has 1 N–H and O–H groups in total. The highest BCUT2D eigenvalue weighted by molar-refractivity contribution is 5.89. The van der Waals surface area contributed by atoms with E-state index in [4.69, 9.17) is 0 Å². The minimum absolute atomic E-state index is 0.00611. The van der Waals surface area contributed by atoms with Gasteiger partial charge >= 0.3 is 0 Å². The third-order valence-electron chi connectivity index (χ3n) is 5.58. The lowest BCUT2D eigenvalue weighted by Gasteiger charge is -2.25. The Kier molecular flexibility index (Phi) is 6.89. The third-order valence-corrected chi connectivity index (χ3v) is 5.58. The minimum Gasteiger partial charge on any atom is -0.344 e. The average Bonchev–Trinajstić information content (AvgIpc) is 3.33. The predicted molar refractivity (Wildman–Crippen MR) is 107 cm³/mol. The van der Waals surface area contributed by atoms with Crippen molar-refractivity contribution in [2.75, 3.05) is 32.7 Å². The molecule has 2 saturated heterocycles. The van der Waals surface area contributed by atoms with Crippen LogP contribution in [0.25, 0.3) is 0 Å². The van der Waals surface area contributed by atoms with Crippen LogP contribution in [0.4, 0.5) is 0 Å². The second kappa shape index (κ2) is 9.36. The van der Waals surface area contributed by atoms with Crippen molar-refractivity contribution in [3.63, 3.8) is 0 Å². The number of rotatable bonds is 7. The Morgan fingerprint density at radius 3 is 2.48 bits per heavy atom. The maximum absolute atomic E-state index is 13.0. The van der Waals surface area contributed by atoms with Crippen LogP contribution in [0, 0.1) is 11.8 Å². The van der Waals surface area contributed by atoms with Crippen LogP contribution in [0.3, 0.4) is 0 Å². The van der Waals surface area contributed by atoms with Crippen molar-refractivity contribution in [3.8, 4) is 0 Å². The van der Waals surface area contributed by atoms with Crippen molar-refractivity contribution in [2.24, 2.45) is 11.8 Å². The number of hydrogen-bond acceptors (Lipinski definition) is 3. The van der Waals surface area contributed by atoms with Crippen molar-refractivity contribution in [1.29, 1.82) is 0 Å². The SMILES string of the molecule is CC(C)CN1CC[C@@H](C(=O)N[C@H](Cc2ccccc2)C(=O)N2CCCC2)C1. The van der Waals surface area contributed by atoms with Gasteiger partial charge in [-0.05, 0) is 37.3 Å². The Morgan fingerprint density at radius 1 is 1.11 bits per heavy atom. The first-order chi connectivity index (χ1) is 13.0. The van der Waals surface area contributed by atoms with E-state index in [-0.39, 0.29) is 17.7 Å². The van der Waals surface area contributed by atoms with Crippen molar-refractivity contribution in [3.05, 3.63) is 35.9 Å². The summed E-state index contributed by atoms with van der Waals surface area (Å²) in [6, 6.07) is 9.52. The Hall–Kier alpha value is -1.88. The van der Waals surface area contributed by atoms with Gasteiger partial charge in [0.15, 0.2) is 0 Å². The van der Waals surface area contributed by atoms with E-state index in [0.29, 0.717) is 12.3 Å². The first-order valence-electron chi connectivity index (χ1n) is 10.4. The molecule has 2 fully saturated rings. The summed E-state index contributed by atoms with van der Waals surface area (Å²) in [6.07, 6.45) is 3.56. The molecule has 0 bridgehead atoms. The van der Waals surface area contributed by atoms with E-state index in [0.717, 1.165) is 57.5 Å². The molecule has 0 aromatic heterocycles. The van der Waals surface area contributed by atoms with Crippen LogP contribution in [-0.4, -0.2) is 60.4 Å².